The Bertz CT molecular complexity index is 762. The van der Waals surface area contributed by atoms with Crippen LogP contribution in [-0.2, 0) is 16.4 Å². The molecule has 0 spiro atoms. The second-order valence-corrected chi connectivity index (χ2v) is 8.37. The highest BCUT2D eigenvalue weighted by molar-refractivity contribution is 7.91. The average Bonchev–Trinajstić information content (AvgIpc) is 2.49. The summed E-state index contributed by atoms with van der Waals surface area (Å²) in [6.07, 6.45) is 1.74. The number of fused-ring (bicyclic) bond motifs is 1. The molecule has 0 amide bonds. The van der Waals surface area contributed by atoms with E-state index in [0.29, 0.717) is 11.6 Å². The van der Waals surface area contributed by atoms with Crippen molar-refractivity contribution in [3.63, 3.8) is 0 Å². The Kier molecular flexibility index (Phi) is 5.42. The second kappa shape index (κ2) is 6.94. The van der Waals surface area contributed by atoms with Crippen LogP contribution in [0, 0.1) is 0 Å². The van der Waals surface area contributed by atoms with Crippen molar-refractivity contribution in [2.24, 2.45) is 0 Å². The smallest absolute Gasteiger partial charge is 0.151 e. The molecule has 1 heterocycles. The Hall–Kier alpha value is -1.17. The van der Waals surface area contributed by atoms with Crippen molar-refractivity contribution in [1.29, 1.82) is 0 Å². The first-order chi connectivity index (χ1) is 10.3. The minimum atomic E-state index is -3.00. The molecule has 1 aromatic heterocycles. The quantitative estimate of drug-likeness (QED) is 0.810. The van der Waals surface area contributed by atoms with Gasteiger partial charge in [0.1, 0.15) is 0 Å². The first-order valence-corrected chi connectivity index (χ1v) is 9.46. The van der Waals surface area contributed by atoms with Gasteiger partial charge in [0.2, 0.25) is 0 Å². The van der Waals surface area contributed by atoms with E-state index < -0.39 is 9.84 Å². The van der Waals surface area contributed by atoms with Crippen LogP contribution in [0.4, 0.5) is 0 Å². The van der Waals surface area contributed by atoms with E-state index in [1.165, 1.54) is 0 Å². The van der Waals surface area contributed by atoms with Crippen molar-refractivity contribution < 1.29 is 8.42 Å². The molecule has 0 saturated heterocycles. The summed E-state index contributed by atoms with van der Waals surface area (Å²) in [5, 5.41) is 1.69. The van der Waals surface area contributed by atoms with E-state index >= 15 is 0 Å². The second-order valence-electron chi connectivity index (χ2n) is 5.56. The summed E-state index contributed by atoms with van der Waals surface area (Å²) in [4.78, 5) is 6.42. The number of rotatable bonds is 6. The first kappa shape index (κ1) is 17.2. The van der Waals surface area contributed by atoms with Crippen LogP contribution in [0.15, 0.2) is 30.5 Å². The fraction of sp³-hybridized carbons (Fsp3) is 0.438. The zero-order valence-corrected chi connectivity index (χ0v) is 14.7. The van der Waals surface area contributed by atoms with E-state index in [0.717, 1.165) is 16.5 Å². The fourth-order valence-corrected chi connectivity index (χ4v) is 3.79. The highest BCUT2D eigenvalue weighted by Gasteiger charge is 2.19. The SMILES string of the molecule is CCS(=O)(=O)CC(C)N(C)Cc1c(Cl)ccc2cccnc12. The lowest BCUT2D eigenvalue weighted by Crippen LogP contribution is -2.35. The van der Waals surface area contributed by atoms with Gasteiger partial charge in [-0.1, -0.05) is 30.7 Å². The summed E-state index contributed by atoms with van der Waals surface area (Å²) in [6, 6.07) is 7.61. The monoisotopic (exact) mass is 340 g/mol. The standard InChI is InChI=1S/C16H21ClN2O2S/c1-4-22(20,21)11-12(2)19(3)10-14-15(17)8-7-13-6-5-9-18-16(13)14/h5-9,12H,4,10-11H2,1-3H3. The number of halogens is 1. The van der Waals surface area contributed by atoms with Crippen LogP contribution in [0.3, 0.4) is 0 Å². The van der Waals surface area contributed by atoms with Crippen LogP contribution in [0.5, 0.6) is 0 Å². The number of pyridine rings is 1. The van der Waals surface area contributed by atoms with Crippen LogP contribution in [0.2, 0.25) is 5.02 Å². The third-order valence-corrected chi connectivity index (χ3v) is 6.14. The van der Waals surface area contributed by atoms with Gasteiger partial charge in [-0.3, -0.25) is 9.88 Å². The minimum Gasteiger partial charge on any atom is -0.298 e. The maximum atomic E-state index is 11.8. The lowest BCUT2D eigenvalue weighted by molar-refractivity contribution is 0.268. The van der Waals surface area contributed by atoms with Gasteiger partial charge < -0.3 is 0 Å². The summed E-state index contributed by atoms with van der Waals surface area (Å²) in [5.74, 6) is 0.317. The third kappa shape index (κ3) is 3.97. The van der Waals surface area contributed by atoms with Crippen molar-refractivity contribution in [1.82, 2.24) is 9.88 Å². The Balaban J connectivity index is 2.25. The molecule has 0 radical (unpaired) electrons. The molecule has 1 unspecified atom stereocenters. The molecule has 22 heavy (non-hydrogen) atoms. The van der Waals surface area contributed by atoms with E-state index in [4.69, 9.17) is 11.6 Å². The van der Waals surface area contributed by atoms with Crippen LogP contribution in [0.1, 0.15) is 19.4 Å². The largest absolute Gasteiger partial charge is 0.298 e. The summed E-state index contributed by atoms with van der Waals surface area (Å²) >= 11 is 6.33. The lowest BCUT2D eigenvalue weighted by atomic mass is 10.1. The normalized spacial score (nSPS) is 13.7. The van der Waals surface area contributed by atoms with Crippen LogP contribution >= 0.6 is 11.6 Å². The van der Waals surface area contributed by atoms with Crippen LogP contribution in [-0.4, -0.2) is 42.9 Å². The van der Waals surface area contributed by atoms with E-state index in [9.17, 15) is 8.42 Å². The number of sulfone groups is 1. The van der Waals surface area contributed by atoms with Crippen molar-refractivity contribution >= 4 is 32.3 Å². The molecule has 120 valence electrons. The predicted octanol–water partition coefficient (Wildman–Crippen LogP) is 3.14. The summed E-state index contributed by atoms with van der Waals surface area (Å²) in [7, 11) is -1.09. The van der Waals surface area contributed by atoms with Crippen molar-refractivity contribution in [2.75, 3.05) is 18.6 Å². The van der Waals surface area contributed by atoms with Crippen molar-refractivity contribution in [2.45, 2.75) is 26.4 Å². The van der Waals surface area contributed by atoms with E-state index in [-0.39, 0.29) is 17.5 Å². The molecule has 0 fully saturated rings. The molecule has 2 aromatic rings. The predicted molar refractivity (Wildman–Crippen MR) is 92.0 cm³/mol. The van der Waals surface area contributed by atoms with Crippen LogP contribution < -0.4 is 0 Å². The highest BCUT2D eigenvalue weighted by atomic mass is 35.5. The maximum absolute atomic E-state index is 11.8. The Morgan fingerprint density at radius 1 is 1.32 bits per heavy atom. The molecule has 2 rings (SSSR count). The molecule has 0 aliphatic carbocycles. The minimum absolute atomic E-state index is 0.0833. The summed E-state index contributed by atoms with van der Waals surface area (Å²) < 4.78 is 23.6. The van der Waals surface area contributed by atoms with Gasteiger partial charge in [0.05, 0.1) is 11.3 Å². The van der Waals surface area contributed by atoms with Gasteiger partial charge in [-0.2, -0.15) is 0 Å². The summed E-state index contributed by atoms with van der Waals surface area (Å²) in [6.45, 7) is 4.15. The number of benzene rings is 1. The molecule has 0 aliphatic rings. The highest BCUT2D eigenvalue weighted by Crippen LogP contribution is 2.26. The van der Waals surface area contributed by atoms with Gasteiger partial charge in [-0.25, -0.2) is 8.42 Å². The van der Waals surface area contributed by atoms with E-state index in [1.54, 1.807) is 13.1 Å². The zero-order chi connectivity index (χ0) is 16.3. The third-order valence-electron chi connectivity index (χ3n) is 3.92. The molecule has 4 nitrogen and oxygen atoms in total. The number of nitrogens with zero attached hydrogens (tertiary/aromatic N) is 2. The number of aromatic nitrogens is 1. The molecular weight excluding hydrogens is 320 g/mol. The molecule has 6 heteroatoms. The Labute approximate surface area is 137 Å². The van der Waals surface area contributed by atoms with Gasteiger partial charge in [-0.05, 0) is 26.1 Å². The van der Waals surface area contributed by atoms with Crippen molar-refractivity contribution in [3.05, 3.63) is 41.0 Å². The molecule has 0 bridgehead atoms. The molecule has 1 aromatic carbocycles. The fourth-order valence-electron chi connectivity index (χ4n) is 2.35. The van der Waals surface area contributed by atoms with Crippen molar-refractivity contribution in [3.8, 4) is 0 Å². The van der Waals surface area contributed by atoms with E-state index in [2.05, 4.69) is 4.98 Å². The number of hydrogen-bond acceptors (Lipinski definition) is 4. The molecule has 1 atom stereocenters. The lowest BCUT2D eigenvalue weighted by Gasteiger charge is -2.25. The molecular formula is C16H21ClN2O2S. The molecule has 0 N–H and O–H groups in total. The van der Waals surface area contributed by atoms with Gasteiger partial charge in [-0.15, -0.1) is 0 Å². The van der Waals surface area contributed by atoms with Gasteiger partial charge in [0, 0.05) is 40.5 Å². The van der Waals surface area contributed by atoms with Gasteiger partial charge in [0.25, 0.3) is 0 Å². The maximum Gasteiger partial charge on any atom is 0.151 e. The summed E-state index contributed by atoms with van der Waals surface area (Å²) in [5.41, 5.74) is 1.80. The van der Waals surface area contributed by atoms with E-state index in [1.807, 2.05) is 43.1 Å². The topological polar surface area (TPSA) is 50.3 Å². The molecule has 0 aliphatic heterocycles. The van der Waals surface area contributed by atoms with Gasteiger partial charge >= 0.3 is 0 Å². The van der Waals surface area contributed by atoms with Crippen LogP contribution in [0.25, 0.3) is 10.9 Å². The Morgan fingerprint density at radius 2 is 2.05 bits per heavy atom. The first-order valence-electron chi connectivity index (χ1n) is 7.27. The number of hydrogen-bond donors (Lipinski definition) is 0. The zero-order valence-electron chi connectivity index (χ0n) is 13.1. The van der Waals surface area contributed by atoms with Gasteiger partial charge in [0.15, 0.2) is 9.84 Å². The molecule has 0 saturated carbocycles. The Morgan fingerprint density at radius 3 is 2.73 bits per heavy atom. The average molecular weight is 341 g/mol.